The Balaban J connectivity index is 1.90. The first-order chi connectivity index (χ1) is 14.1. The van der Waals surface area contributed by atoms with E-state index in [4.69, 9.17) is 28.4 Å². The predicted octanol–water partition coefficient (Wildman–Crippen LogP) is 3.20. The van der Waals surface area contributed by atoms with Crippen molar-refractivity contribution in [1.82, 2.24) is 4.90 Å². The van der Waals surface area contributed by atoms with Crippen LogP contribution >= 0.6 is 0 Å². The van der Waals surface area contributed by atoms with Crippen molar-refractivity contribution in [2.75, 3.05) is 48.8 Å². The highest BCUT2D eigenvalue weighted by molar-refractivity contribution is 5.89. The third-order valence-electron chi connectivity index (χ3n) is 6.30. The molecule has 2 aliphatic heterocycles. The van der Waals surface area contributed by atoms with Gasteiger partial charge in [0.05, 0.1) is 28.4 Å². The van der Waals surface area contributed by atoms with E-state index in [1.54, 1.807) is 28.4 Å². The molecule has 154 valence electrons. The standard InChI is InChI=1S/C22H25NO6/c1-23-7-6-11-16-14(23)8-13-12(9-15(24-2)20(27-5)19(13)26-4)17(16)21-22(18(11)25-3)29-10-28-21/h9,14H,6-8,10H2,1-5H3. The molecule has 1 atom stereocenters. The molecule has 0 aromatic heterocycles. The van der Waals surface area contributed by atoms with Crippen LogP contribution in [0.2, 0.25) is 0 Å². The maximum Gasteiger partial charge on any atom is 0.231 e. The van der Waals surface area contributed by atoms with Gasteiger partial charge in [-0.3, -0.25) is 4.90 Å². The summed E-state index contributed by atoms with van der Waals surface area (Å²) in [6.07, 6.45) is 1.70. The minimum absolute atomic E-state index is 0.182. The van der Waals surface area contributed by atoms with E-state index in [1.807, 2.05) is 6.07 Å². The van der Waals surface area contributed by atoms with Crippen LogP contribution in [0.5, 0.6) is 34.5 Å². The van der Waals surface area contributed by atoms with Gasteiger partial charge in [0.25, 0.3) is 0 Å². The molecule has 2 aromatic rings. The van der Waals surface area contributed by atoms with Crippen molar-refractivity contribution in [3.63, 3.8) is 0 Å². The molecule has 7 nitrogen and oxygen atoms in total. The highest BCUT2D eigenvalue weighted by atomic mass is 16.7. The Labute approximate surface area is 170 Å². The van der Waals surface area contributed by atoms with Gasteiger partial charge in [0.1, 0.15) is 0 Å². The average molecular weight is 399 g/mol. The summed E-state index contributed by atoms with van der Waals surface area (Å²) in [4.78, 5) is 2.38. The number of likely N-dealkylation sites (N-methyl/N-ethyl adjacent to an activating group) is 1. The van der Waals surface area contributed by atoms with Gasteiger partial charge >= 0.3 is 0 Å². The quantitative estimate of drug-likeness (QED) is 0.782. The zero-order valence-corrected chi connectivity index (χ0v) is 17.4. The van der Waals surface area contributed by atoms with Crippen LogP contribution in [0.15, 0.2) is 6.07 Å². The molecule has 0 N–H and O–H groups in total. The summed E-state index contributed by atoms with van der Waals surface area (Å²) in [6.45, 7) is 1.12. The molecule has 1 aliphatic carbocycles. The zero-order chi connectivity index (χ0) is 20.3. The molecular formula is C22H25NO6. The molecule has 1 unspecified atom stereocenters. The molecule has 0 saturated carbocycles. The number of methoxy groups -OCH3 is 4. The summed E-state index contributed by atoms with van der Waals surface area (Å²) >= 11 is 0. The molecule has 0 radical (unpaired) electrons. The van der Waals surface area contributed by atoms with E-state index in [0.29, 0.717) is 23.0 Å². The fraction of sp³-hybridized carbons (Fsp3) is 0.455. The van der Waals surface area contributed by atoms with Crippen LogP contribution in [0, 0.1) is 0 Å². The molecule has 0 fully saturated rings. The topological polar surface area (TPSA) is 58.6 Å². The Bertz CT molecular complexity index is 1000. The fourth-order valence-corrected chi connectivity index (χ4v) is 5.02. The van der Waals surface area contributed by atoms with E-state index in [2.05, 4.69) is 11.9 Å². The number of ether oxygens (including phenoxy) is 6. The maximum absolute atomic E-state index is 5.97. The average Bonchev–Trinajstić information content (AvgIpc) is 3.23. The number of nitrogens with zero attached hydrogens (tertiary/aromatic N) is 1. The number of rotatable bonds is 4. The Morgan fingerprint density at radius 3 is 2.31 bits per heavy atom. The highest BCUT2D eigenvalue weighted by Gasteiger charge is 2.42. The first kappa shape index (κ1) is 18.2. The SMILES string of the molecule is COc1cc2c(c(OC)c1OC)CC1c3c(c(OC)c4c(c3-2)OCO4)CCN1C. The molecular weight excluding hydrogens is 374 g/mol. The van der Waals surface area contributed by atoms with Gasteiger partial charge in [-0.05, 0) is 37.1 Å². The van der Waals surface area contributed by atoms with Crippen molar-refractivity contribution in [1.29, 1.82) is 0 Å². The molecule has 0 spiro atoms. The Morgan fingerprint density at radius 2 is 1.62 bits per heavy atom. The van der Waals surface area contributed by atoms with Gasteiger partial charge in [0, 0.05) is 29.3 Å². The largest absolute Gasteiger partial charge is 0.493 e. The molecule has 29 heavy (non-hydrogen) atoms. The van der Waals surface area contributed by atoms with E-state index in [9.17, 15) is 0 Å². The fourth-order valence-electron chi connectivity index (χ4n) is 5.02. The zero-order valence-electron chi connectivity index (χ0n) is 17.4. The van der Waals surface area contributed by atoms with Gasteiger partial charge in [-0.2, -0.15) is 0 Å². The lowest BCUT2D eigenvalue weighted by Gasteiger charge is -2.41. The molecule has 0 saturated heterocycles. The van der Waals surface area contributed by atoms with Crippen LogP contribution in [-0.4, -0.2) is 53.7 Å². The Kier molecular flexibility index (Phi) is 4.17. The normalized spacial score (nSPS) is 18.7. The lowest BCUT2D eigenvalue weighted by atomic mass is 9.75. The van der Waals surface area contributed by atoms with Gasteiger partial charge in [0.2, 0.25) is 18.3 Å². The minimum Gasteiger partial charge on any atom is -0.493 e. The number of hydrogen-bond donors (Lipinski definition) is 0. The molecule has 2 aromatic carbocycles. The van der Waals surface area contributed by atoms with Crippen molar-refractivity contribution in [3.8, 4) is 45.6 Å². The van der Waals surface area contributed by atoms with Crippen molar-refractivity contribution in [3.05, 3.63) is 22.8 Å². The van der Waals surface area contributed by atoms with Gasteiger partial charge in [0.15, 0.2) is 23.0 Å². The highest BCUT2D eigenvalue weighted by Crippen LogP contribution is 2.60. The summed E-state index contributed by atoms with van der Waals surface area (Å²) < 4.78 is 34.7. The molecule has 0 bridgehead atoms. The molecule has 0 amide bonds. The van der Waals surface area contributed by atoms with Gasteiger partial charge in [-0.25, -0.2) is 0 Å². The van der Waals surface area contributed by atoms with Crippen LogP contribution in [0.1, 0.15) is 22.7 Å². The second kappa shape index (κ2) is 6.62. The number of benzene rings is 2. The van der Waals surface area contributed by atoms with E-state index in [0.717, 1.165) is 47.6 Å². The smallest absolute Gasteiger partial charge is 0.231 e. The number of hydrogen-bond acceptors (Lipinski definition) is 7. The predicted molar refractivity (Wildman–Crippen MR) is 107 cm³/mol. The lowest BCUT2D eigenvalue weighted by Crippen LogP contribution is -2.36. The van der Waals surface area contributed by atoms with Crippen LogP contribution in [0.25, 0.3) is 11.1 Å². The summed E-state index contributed by atoms with van der Waals surface area (Å²) in [5.74, 6) is 4.16. The minimum atomic E-state index is 0.182. The molecule has 7 heteroatoms. The van der Waals surface area contributed by atoms with Crippen molar-refractivity contribution in [2.24, 2.45) is 0 Å². The lowest BCUT2D eigenvalue weighted by molar-refractivity contribution is 0.171. The number of fused-ring (bicyclic) bond motifs is 4. The monoisotopic (exact) mass is 399 g/mol. The summed E-state index contributed by atoms with van der Waals surface area (Å²) in [5, 5.41) is 0. The molecule has 5 rings (SSSR count). The first-order valence-electron chi connectivity index (χ1n) is 9.69. The van der Waals surface area contributed by atoms with Crippen molar-refractivity contribution >= 4 is 0 Å². The van der Waals surface area contributed by atoms with E-state index < -0.39 is 0 Å². The van der Waals surface area contributed by atoms with E-state index in [-0.39, 0.29) is 12.8 Å². The summed E-state index contributed by atoms with van der Waals surface area (Å²) in [7, 11) is 8.79. The van der Waals surface area contributed by atoms with Crippen LogP contribution in [0.3, 0.4) is 0 Å². The van der Waals surface area contributed by atoms with Gasteiger partial charge in [-0.15, -0.1) is 0 Å². The summed E-state index contributed by atoms with van der Waals surface area (Å²) in [5.41, 5.74) is 5.62. The van der Waals surface area contributed by atoms with Crippen LogP contribution < -0.4 is 28.4 Å². The molecule has 2 heterocycles. The summed E-state index contributed by atoms with van der Waals surface area (Å²) in [6, 6.07) is 2.21. The maximum atomic E-state index is 5.97. The Morgan fingerprint density at radius 1 is 0.897 bits per heavy atom. The van der Waals surface area contributed by atoms with Gasteiger partial charge < -0.3 is 28.4 Å². The first-order valence-corrected chi connectivity index (χ1v) is 9.69. The van der Waals surface area contributed by atoms with Crippen LogP contribution in [-0.2, 0) is 12.8 Å². The second-order valence-corrected chi connectivity index (χ2v) is 7.49. The molecule has 3 aliphatic rings. The third-order valence-corrected chi connectivity index (χ3v) is 6.30. The van der Waals surface area contributed by atoms with Crippen LogP contribution in [0.4, 0.5) is 0 Å². The Hall–Kier alpha value is -2.80. The van der Waals surface area contributed by atoms with Crippen molar-refractivity contribution in [2.45, 2.75) is 18.9 Å². The second-order valence-electron chi connectivity index (χ2n) is 7.49. The van der Waals surface area contributed by atoms with E-state index in [1.165, 1.54) is 11.1 Å². The third kappa shape index (κ3) is 2.34. The van der Waals surface area contributed by atoms with Gasteiger partial charge in [-0.1, -0.05) is 0 Å². The van der Waals surface area contributed by atoms with Crippen molar-refractivity contribution < 1.29 is 28.4 Å². The van der Waals surface area contributed by atoms with E-state index >= 15 is 0 Å².